The number of rotatable bonds is 6. The number of halogens is 1. The zero-order valence-electron chi connectivity index (χ0n) is 17.5. The Morgan fingerprint density at radius 3 is 2.42 bits per heavy atom. The SMILES string of the molecule is O=C(COc1ccc(-c2ccccc2)cc1)Nc1ccccc1-c1nc2cc(Cl)ccc2o1. The molecule has 5 nitrogen and oxygen atoms in total. The number of amides is 1. The second-order valence-corrected chi connectivity index (χ2v) is 7.84. The smallest absolute Gasteiger partial charge is 0.262 e. The molecule has 6 heteroatoms. The minimum absolute atomic E-state index is 0.123. The highest BCUT2D eigenvalue weighted by Gasteiger charge is 2.14. The van der Waals surface area contributed by atoms with Gasteiger partial charge < -0.3 is 14.5 Å². The van der Waals surface area contributed by atoms with E-state index < -0.39 is 0 Å². The lowest BCUT2D eigenvalue weighted by Crippen LogP contribution is -2.20. The highest BCUT2D eigenvalue weighted by atomic mass is 35.5. The van der Waals surface area contributed by atoms with Crippen molar-refractivity contribution in [3.8, 4) is 28.3 Å². The van der Waals surface area contributed by atoms with Crippen LogP contribution in [0.4, 0.5) is 5.69 Å². The van der Waals surface area contributed by atoms with Crippen molar-refractivity contribution in [2.24, 2.45) is 0 Å². The molecule has 0 aliphatic heterocycles. The number of ether oxygens (including phenoxy) is 1. The normalized spacial score (nSPS) is 10.8. The first-order valence-electron chi connectivity index (χ1n) is 10.4. The van der Waals surface area contributed by atoms with Gasteiger partial charge in [0.1, 0.15) is 11.3 Å². The van der Waals surface area contributed by atoms with Crippen LogP contribution in [0.2, 0.25) is 5.02 Å². The number of carbonyl (C=O) groups is 1. The molecule has 0 saturated carbocycles. The van der Waals surface area contributed by atoms with Crippen LogP contribution in [0.3, 0.4) is 0 Å². The molecule has 5 aromatic rings. The van der Waals surface area contributed by atoms with Gasteiger partial charge in [-0.3, -0.25) is 4.79 Å². The number of hydrogen-bond donors (Lipinski definition) is 1. The number of benzene rings is 4. The summed E-state index contributed by atoms with van der Waals surface area (Å²) in [5, 5.41) is 3.46. The highest BCUT2D eigenvalue weighted by Crippen LogP contribution is 2.31. The summed E-state index contributed by atoms with van der Waals surface area (Å²) in [6.45, 7) is -0.123. The zero-order valence-corrected chi connectivity index (χ0v) is 18.3. The van der Waals surface area contributed by atoms with Gasteiger partial charge in [-0.25, -0.2) is 4.98 Å². The van der Waals surface area contributed by atoms with Gasteiger partial charge in [0.15, 0.2) is 12.2 Å². The fourth-order valence-corrected chi connectivity index (χ4v) is 3.67. The molecule has 0 saturated heterocycles. The third-order valence-electron chi connectivity index (χ3n) is 5.11. The van der Waals surface area contributed by atoms with Crippen molar-refractivity contribution in [1.82, 2.24) is 4.98 Å². The van der Waals surface area contributed by atoms with Crippen LogP contribution in [-0.2, 0) is 4.79 Å². The number of carbonyl (C=O) groups excluding carboxylic acids is 1. The molecule has 0 fully saturated rings. The van der Waals surface area contributed by atoms with Gasteiger partial charge in [-0.15, -0.1) is 0 Å². The monoisotopic (exact) mass is 454 g/mol. The van der Waals surface area contributed by atoms with Gasteiger partial charge in [0.25, 0.3) is 5.91 Å². The van der Waals surface area contributed by atoms with Crippen molar-refractivity contribution in [3.05, 3.63) is 102 Å². The number of oxazole rings is 1. The Morgan fingerprint density at radius 1 is 0.879 bits per heavy atom. The summed E-state index contributed by atoms with van der Waals surface area (Å²) < 4.78 is 11.5. The van der Waals surface area contributed by atoms with E-state index in [1.165, 1.54) is 0 Å². The Labute approximate surface area is 195 Å². The Hall–Kier alpha value is -4.09. The molecular formula is C27H19ClN2O3. The Kier molecular flexibility index (Phi) is 5.79. The van der Waals surface area contributed by atoms with E-state index >= 15 is 0 Å². The van der Waals surface area contributed by atoms with E-state index in [1.54, 1.807) is 24.3 Å². The topological polar surface area (TPSA) is 64.4 Å². The van der Waals surface area contributed by atoms with Crippen LogP contribution >= 0.6 is 11.6 Å². The molecule has 1 aromatic heterocycles. The number of fused-ring (bicyclic) bond motifs is 1. The Bertz CT molecular complexity index is 1410. The third-order valence-corrected chi connectivity index (χ3v) is 5.35. The summed E-state index contributed by atoms with van der Waals surface area (Å²) in [7, 11) is 0. The average Bonchev–Trinajstić information content (AvgIpc) is 3.27. The number of nitrogens with zero attached hydrogens (tertiary/aromatic N) is 1. The lowest BCUT2D eigenvalue weighted by Gasteiger charge is -2.10. The van der Waals surface area contributed by atoms with Crippen LogP contribution in [0.5, 0.6) is 5.75 Å². The fourth-order valence-electron chi connectivity index (χ4n) is 3.50. The van der Waals surface area contributed by atoms with E-state index in [4.69, 9.17) is 20.8 Å². The summed E-state index contributed by atoms with van der Waals surface area (Å²) in [4.78, 5) is 17.1. The lowest BCUT2D eigenvalue weighted by atomic mass is 10.1. The molecule has 0 radical (unpaired) electrons. The zero-order chi connectivity index (χ0) is 22.6. The lowest BCUT2D eigenvalue weighted by molar-refractivity contribution is -0.118. The molecule has 0 unspecified atom stereocenters. The second-order valence-electron chi connectivity index (χ2n) is 7.40. The standard InChI is InChI=1S/C27H19ClN2O3/c28-20-12-15-25-24(16-20)30-27(33-25)22-8-4-5-9-23(22)29-26(31)17-32-21-13-10-19(11-14-21)18-6-2-1-3-7-18/h1-16H,17H2,(H,29,31). The van der Waals surface area contributed by atoms with E-state index in [2.05, 4.69) is 10.3 Å². The first-order valence-corrected chi connectivity index (χ1v) is 10.8. The molecule has 0 atom stereocenters. The maximum absolute atomic E-state index is 12.6. The first-order chi connectivity index (χ1) is 16.2. The summed E-state index contributed by atoms with van der Waals surface area (Å²) in [6, 6.07) is 30.3. The molecular weight excluding hydrogens is 436 g/mol. The van der Waals surface area contributed by atoms with Gasteiger partial charge in [0, 0.05) is 5.02 Å². The minimum atomic E-state index is -0.284. The fraction of sp³-hybridized carbons (Fsp3) is 0.0370. The number of hydrogen-bond acceptors (Lipinski definition) is 4. The van der Waals surface area contributed by atoms with E-state index in [-0.39, 0.29) is 12.5 Å². The number of nitrogens with one attached hydrogen (secondary N) is 1. The van der Waals surface area contributed by atoms with Gasteiger partial charge in [-0.1, -0.05) is 66.2 Å². The van der Waals surface area contributed by atoms with Crippen LogP contribution in [0.15, 0.2) is 101 Å². The Balaban J connectivity index is 1.27. The number of para-hydroxylation sites is 1. The predicted molar refractivity (Wildman–Crippen MR) is 130 cm³/mol. The molecule has 0 spiro atoms. The van der Waals surface area contributed by atoms with E-state index in [0.717, 1.165) is 11.1 Å². The summed E-state index contributed by atoms with van der Waals surface area (Å²) >= 11 is 6.05. The molecule has 0 aliphatic rings. The van der Waals surface area contributed by atoms with Crippen LogP contribution in [0.1, 0.15) is 0 Å². The average molecular weight is 455 g/mol. The largest absolute Gasteiger partial charge is 0.484 e. The van der Waals surface area contributed by atoms with Gasteiger partial charge >= 0.3 is 0 Å². The maximum Gasteiger partial charge on any atom is 0.262 e. The van der Waals surface area contributed by atoms with Crippen LogP contribution < -0.4 is 10.1 Å². The quantitative estimate of drug-likeness (QED) is 0.305. The van der Waals surface area contributed by atoms with Crippen molar-refractivity contribution < 1.29 is 13.9 Å². The van der Waals surface area contributed by atoms with Gasteiger partial charge in [-0.2, -0.15) is 0 Å². The van der Waals surface area contributed by atoms with E-state index in [0.29, 0.717) is 39.0 Å². The van der Waals surface area contributed by atoms with Gasteiger partial charge in [0.05, 0.1) is 11.3 Å². The molecule has 1 heterocycles. The van der Waals surface area contributed by atoms with Crippen LogP contribution in [0.25, 0.3) is 33.7 Å². The first kappa shape index (κ1) is 20.8. The van der Waals surface area contributed by atoms with Crippen molar-refractivity contribution in [2.45, 2.75) is 0 Å². The van der Waals surface area contributed by atoms with Gasteiger partial charge in [-0.05, 0) is 53.6 Å². The van der Waals surface area contributed by atoms with Crippen LogP contribution in [-0.4, -0.2) is 17.5 Å². The molecule has 0 bridgehead atoms. The maximum atomic E-state index is 12.6. The number of anilines is 1. The second kappa shape index (κ2) is 9.18. The third kappa shape index (κ3) is 4.73. The van der Waals surface area contributed by atoms with Gasteiger partial charge in [0.2, 0.25) is 5.89 Å². The van der Waals surface area contributed by atoms with Crippen molar-refractivity contribution >= 4 is 34.3 Å². The minimum Gasteiger partial charge on any atom is -0.484 e. The van der Waals surface area contributed by atoms with Crippen molar-refractivity contribution in [2.75, 3.05) is 11.9 Å². The molecule has 33 heavy (non-hydrogen) atoms. The molecule has 1 amide bonds. The Morgan fingerprint density at radius 2 is 1.61 bits per heavy atom. The predicted octanol–water partition coefficient (Wildman–Crippen LogP) is 6.83. The molecule has 0 aliphatic carbocycles. The highest BCUT2D eigenvalue weighted by molar-refractivity contribution is 6.31. The summed E-state index contributed by atoms with van der Waals surface area (Å²) in [6.07, 6.45) is 0. The molecule has 4 aromatic carbocycles. The molecule has 1 N–H and O–H groups in total. The summed E-state index contributed by atoms with van der Waals surface area (Å²) in [5.74, 6) is 0.739. The number of aromatic nitrogens is 1. The molecule has 162 valence electrons. The van der Waals surface area contributed by atoms with Crippen LogP contribution in [0, 0.1) is 0 Å². The van der Waals surface area contributed by atoms with E-state index in [9.17, 15) is 4.79 Å². The molecule has 5 rings (SSSR count). The summed E-state index contributed by atoms with van der Waals surface area (Å²) in [5.41, 5.74) is 4.74. The van der Waals surface area contributed by atoms with Crippen molar-refractivity contribution in [3.63, 3.8) is 0 Å². The van der Waals surface area contributed by atoms with Crippen molar-refractivity contribution in [1.29, 1.82) is 0 Å². The van der Waals surface area contributed by atoms with E-state index in [1.807, 2.05) is 72.8 Å².